The van der Waals surface area contributed by atoms with Gasteiger partial charge in [0, 0.05) is 24.9 Å². The van der Waals surface area contributed by atoms with Gasteiger partial charge < -0.3 is 5.11 Å². The number of aliphatic hydroxyl groups is 1. The topological polar surface area (TPSA) is 38.0 Å². The van der Waals surface area contributed by atoms with Crippen molar-refractivity contribution in [2.45, 2.75) is 32.0 Å². The Labute approximate surface area is 121 Å². The van der Waals surface area contributed by atoms with Crippen LogP contribution in [0.1, 0.15) is 23.2 Å². The Morgan fingerprint density at radius 2 is 1.81 bits per heavy atom. The molecule has 0 aliphatic carbocycles. The highest BCUT2D eigenvalue weighted by Gasteiger charge is 2.36. The first kappa shape index (κ1) is 15.6. The number of hydrogen-bond donors (Lipinski definition) is 1. The Kier molecular flexibility index (Phi) is 5.01. The van der Waals surface area contributed by atoms with Crippen LogP contribution in [0.15, 0.2) is 36.5 Å². The van der Waals surface area contributed by atoms with E-state index in [0.717, 1.165) is 12.0 Å². The van der Waals surface area contributed by atoms with Gasteiger partial charge in [0.2, 0.25) is 0 Å². The van der Waals surface area contributed by atoms with Gasteiger partial charge in [-0.05, 0) is 24.8 Å². The molecule has 1 aromatic heterocycles. The molecule has 6 heteroatoms. The molecule has 0 bridgehead atoms. The quantitative estimate of drug-likeness (QED) is 0.890. The summed E-state index contributed by atoms with van der Waals surface area (Å²) in [5, 5.41) is 12.5. The van der Waals surface area contributed by atoms with Gasteiger partial charge >= 0.3 is 6.18 Å². The minimum absolute atomic E-state index is 0.0342. The standard InChI is InChI=1S/C15H17F3N2O/c16-15(17,18)14-13(8-10-21)11-20(19-14)9-4-7-12-5-2-1-3-6-12/h1-3,5-6,11,21H,4,7-10H2. The van der Waals surface area contributed by atoms with Gasteiger partial charge in [0.05, 0.1) is 0 Å². The molecule has 2 rings (SSSR count). The minimum Gasteiger partial charge on any atom is -0.396 e. The monoisotopic (exact) mass is 298 g/mol. The molecule has 0 aliphatic rings. The molecule has 0 fully saturated rings. The average Bonchev–Trinajstić information content (AvgIpc) is 2.84. The van der Waals surface area contributed by atoms with Crippen molar-refractivity contribution in [3.8, 4) is 0 Å². The van der Waals surface area contributed by atoms with Gasteiger partial charge in [-0.25, -0.2) is 0 Å². The van der Waals surface area contributed by atoms with Crippen LogP contribution in [0.5, 0.6) is 0 Å². The van der Waals surface area contributed by atoms with Crippen LogP contribution in [-0.2, 0) is 25.6 Å². The zero-order chi connectivity index (χ0) is 15.3. The number of hydrogen-bond acceptors (Lipinski definition) is 2. The zero-order valence-corrected chi connectivity index (χ0v) is 11.5. The predicted octanol–water partition coefficient (Wildman–Crippen LogP) is 3.07. The number of aromatic nitrogens is 2. The Bertz CT molecular complexity index is 564. The lowest BCUT2D eigenvalue weighted by Crippen LogP contribution is -2.10. The normalized spacial score (nSPS) is 11.8. The highest BCUT2D eigenvalue weighted by atomic mass is 19.4. The SMILES string of the molecule is OCCc1cn(CCCc2ccccc2)nc1C(F)(F)F. The molecule has 3 nitrogen and oxygen atoms in total. The fourth-order valence-corrected chi connectivity index (χ4v) is 2.21. The number of nitrogens with zero attached hydrogens (tertiary/aromatic N) is 2. The summed E-state index contributed by atoms with van der Waals surface area (Å²) in [6.45, 7) is 0.0994. The molecule has 0 unspecified atom stereocenters. The van der Waals surface area contributed by atoms with E-state index in [1.165, 1.54) is 10.9 Å². The number of rotatable bonds is 6. The lowest BCUT2D eigenvalue weighted by atomic mass is 10.1. The van der Waals surface area contributed by atoms with Crippen molar-refractivity contribution in [1.29, 1.82) is 0 Å². The average molecular weight is 298 g/mol. The molecule has 0 aliphatic heterocycles. The first-order chi connectivity index (χ1) is 10.0. The third-order valence-corrected chi connectivity index (χ3v) is 3.18. The molecular formula is C15H17F3N2O. The summed E-state index contributed by atoms with van der Waals surface area (Å²) in [6, 6.07) is 9.77. The van der Waals surface area contributed by atoms with Gasteiger partial charge in [0.25, 0.3) is 0 Å². The Balaban J connectivity index is 2.00. The number of alkyl halides is 3. The lowest BCUT2D eigenvalue weighted by molar-refractivity contribution is -0.142. The van der Waals surface area contributed by atoms with E-state index in [1.807, 2.05) is 30.3 Å². The molecule has 1 N–H and O–H groups in total. The van der Waals surface area contributed by atoms with Crippen LogP contribution in [0.4, 0.5) is 13.2 Å². The highest BCUT2D eigenvalue weighted by Crippen LogP contribution is 2.30. The second kappa shape index (κ2) is 6.76. The maximum absolute atomic E-state index is 12.8. The minimum atomic E-state index is -4.48. The van der Waals surface area contributed by atoms with Crippen molar-refractivity contribution in [1.82, 2.24) is 9.78 Å². The van der Waals surface area contributed by atoms with Crippen LogP contribution in [-0.4, -0.2) is 21.5 Å². The number of benzene rings is 1. The van der Waals surface area contributed by atoms with Crippen LogP contribution in [0.2, 0.25) is 0 Å². The third kappa shape index (κ3) is 4.32. The molecule has 0 radical (unpaired) electrons. The predicted molar refractivity (Wildman–Crippen MR) is 72.8 cm³/mol. The molecule has 0 saturated heterocycles. The first-order valence-corrected chi connectivity index (χ1v) is 6.79. The van der Waals surface area contributed by atoms with E-state index in [-0.39, 0.29) is 18.6 Å². The lowest BCUT2D eigenvalue weighted by Gasteiger charge is -2.04. The molecule has 0 spiro atoms. The van der Waals surface area contributed by atoms with Gasteiger partial charge in [-0.3, -0.25) is 4.68 Å². The van der Waals surface area contributed by atoms with Crippen LogP contribution in [0.25, 0.3) is 0 Å². The second-order valence-corrected chi connectivity index (χ2v) is 4.83. The van der Waals surface area contributed by atoms with E-state index in [1.54, 1.807) is 0 Å². The summed E-state index contributed by atoms with van der Waals surface area (Å²) < 4.78 is 39.8. The molecule has 0 amide bonds. The fraction of sp³-hybridized carbons (Fsp3) is 0.400. The molecule has 114 valence electrons. The van der Waals surface area contributed by atoms with Crippen LogP contribution < -0.4 is 0 Å². The summed E-state index contributed by atoms with van der Waals surface area (Å²) in [5.41, 5.74) is 0.303. The van der Waals surface area contributed by atoms with Crippen molar-refractivity contribution in [3.05, 3.63) is 53.3 Å². The van der Waals surface area contributed by atoms with E-state index >= 15 is 0 Å². The highest BCUT2D eigenvalue weighted by molar-refractivity contribution is 5.20. The Morgan fingerprint density at radius 1 is 1.10 bits per heavy atom. The van der Waals surface area contributed by atoms with E-state index in [0.29, 0.717) is 13.0 Å². The van der Waals surface area contributed by atoms with Crippen molar-refractivity contribution >= 4 is 0 Å². The summed E-state index contributed by atoms with van der Waals surface area (Å²) in [4.78, 5) is 0. The first-order valence-electron chi connectivity index (χ1n) is 6.79. The largest absolute Gasteiger partial charge is 0.435 e. The molecule has 0 atom stereocenters. The van der Waals surface area contributed by atoms with Gasteiger partial charge in [-0.2, -0.15) is 18.3 Å². The van der Waals surface area contributed by atoms with E-state index < -0.39 is 11.9 Å². The molecule has 2 aromatic rings. The molecule has 21 heavy (non-hydrogen) atoms. The fourth-order valence-electron chi connectivity index (χ4n) is 2.21. The maximum Gasteiger partial charge on any atom is 0.435 e. The van der Waals surface area contributed by atoms with Gasteiger partial charge in [0.1, 0.15) is 0 Å². The Morgan fingerprint density at radius 3 is 2.43 bits per heavy atom. The van der Waals surface area contributed by atoms with E-state index in [2.05, 4.69) is 5.10 Å². The Hall–Kier alpha value is -1.82. The van der Waals surface area contributed by atoms with E-state index in [4.69, 9.17) is 5.11 Å². The number of aliphatic hydroxyl groups excluding tert-OH is 1. The summed E-state index contributed by atoms with van der Waals surface area (Å²) >= 11 is 0. The summed E-state index contributed by atoms with van der Waals surface area (Å²) in [6.07, 6.45) is -1.63. The molecular weight excluding hydrogens is 281 g/mol. The van der Waals surface area contributed by atoms with Gasteiger partial charge in [-0.15, -0.1) is 0 Å². The van der Waals surface area contributed by atoms with Crippen molar-refractivity contribution in [3.63, 3.8) is 0 Å². The van der Waals surface area contributed by atoms with Crippen LogP contribution >= 0.6 is 0 Å². The van der Waals surface area contributed by atoms with Crippen molar-refractivity contribution < 1.29 is 18.3 Å². The smallest absolute Gasteiger partial charge is 0.396 e. The molecule has 1 heterocycles. The maximum atomic E-state index is 12.8. The van der Waals surface area contributed by atoms with Crippen molar-refractivity contribution in [2.24, 2.45) is 0 Å². The number of aryl methyl sites for hydroxylation is 2. The zero-order valence-electron chi connectivity index (χ0n) is 11.5. The van der Waals surface area contributed by atoms with Gasteiger partial charge in [0.15, 0.2) is 5.69 Å². The second-order valence-electron chi connectivity index (χ2n) is 4.83. The number of halogens is 3. The third-order valence-electron chi connectivity index (χ3n) is 3.18. The summed E-state index contributed by atoms with van der Waals surface area (Å²) in [5.74, 6) is 0. The molecule has 1 aromatic carbocycles. The van der Waals surface area contributed by atoms with E-state index in [9.17, 15) is 13.2 Å². The molecule has 0 saturated carbocycles. The van der Waals surface area contributed by atoms with Crippen molar-refractivity contribution in [2.75, 3.05) is 6.61 Å². The van der Waals surface area contributed by atoms with Crippen LogP contribution in [0.3, 0.4) is 0 Å². The summed E-state index contributed by atoms with van der Waals surface area (Å²) in [7, 11) is 0. The van der Waals surface area contributed by atoms with Gasteiger partial charge in [-0.1, -0.05) is 30.3 Å². The van der Waals surface area contributed by atoms with Crippen LogP contribution in [0, 0.1) is 0 Å².